The second kappa shape index (κ2) is 8.99. The molecule has 3 N–H and O–H groups in total. The van der Waals surface area contributed by atoms with Crippen molar-refractivity contribution in [1.29, 1.82) is 0 Å². The Hall–Kier alpha value is -1.14. The number of benzene rings is 1. The first-order valence-corrected chi connectivity index (χ1v) is 9.07. The van der Waals surface area contributed by atoms with Gasteiger partial charge in [-0.25, -0.2) is 0 Å². The van der Waals surface area contributed by atoms with Crippen LogP contribution in [0, 0.1) is 0 Å². The number of nitrogens with zero attached hydrogens (tertiary/aromatic N) is 1. The van der Waals surface area contributed by atoms with E-state index < -0.39 is 5.54 Å². The lowest BCUT2D eigenvalue weighted by Gasteiger charge is -2.30. The summed E-state index contributed by atoms with van der Waals surface area (Å²) in [5.74, 6) is 0.0934. The molecule has 0 bridgehead atoms. The van der Waals surface area contributed by atoms with Crippen molar-refractivity contribution in [2.45, 2.75) is 57.3 Å². The zero-order valence-electron chi connectivity index (χ0n) is 15.0. The summed E-state index contributed by atoms with van der Waals surface area (Å²) in [6.07, 6.45) is 3.51. The van der Waals surface area contributed by atoms with Crippen molar-refractivity contribution in [1.82, 2.24) is 15.5 Å². The summed E-state index contributed by atoms with van der Waals surface area (Å²) in [5.41, 5.74) is 2.02. The van der Waals surface area contributed by atoms with E-state index in [0.29, 0.717) is 6.54 Å². The fourth-order valence-corrected chi connectivity index (χ4v) is 3.66. The van der Waals surface area contributed by atoms with Gasteiger partial charge in [0.15, 0.2) is 0 Å². The topological polar surface area (TPSA) is 64.6 Å². The molecule has 3 rings (SSSR count). The number of carbonyl (C=O) groups is 1. The van der Waals surface area contributed by atoms with Crippen LogP contribution in [0.1, 0.15) is 43.7 Å². The Morgan fingerprint density at radius 2 is 2.00 bits per heavy atom. The monoisotopic (exact) mass is 367 g/mol. The minimum Gasteiger partial charge on any atom is -0.393 e. The van der Waals surface area contributed by atoms with Crippen molar-refractivity contribution < 1.29 is 9.90 Å². The number of halogens is 1. The van der Waals surface area contributed by atoms with Crippen LogP contribution < -0.4 is 10.6 Å². The highest BCUT2D eigenvalue weighted by Crippen LogP contribution is 2.20. The Labute approximate surface area is 156 Å². The van der Waals surface area contributed by atoms with Crippen molar-refractivity contribution in [3.63, 3.8) is 0 Å². The van der Waals surface area contributed by atoms with Gasteiger partial charge in [-0.3, -0.25) is 9.69 Å². The molecule has 1 unspecified atom stereocenters. The molecule has 0 radical (unpaired) electrons. The first-order valence-electron chi connectivity index (χ1n) is 9.07. The number of aliphatic hydroxyl groups is 1. The number of rotatable bonds is 5. The largest absolute Gasteiger partial charge is 0.393 e. The third-order valence-corrected chi connectivity index (χ3v) is 5.38. The maximum absolute atomic E-state index is 12.5. The molecule has 0 aliphatic carbocycles. The lowest BCUT2D eigenvalue weighted by Crippen LogP contribution is -2.50. The number of nitrogens with one attached hydrogen (secondary N) is 2. The van der Waals surface area contributed by atoms with E-state index in [9.17, 15) is 9.90 Å². The van der Waals surface area contributed by atoms with Crippen molar-refractivity contribution in [2.75, 3.05) is 19.6 Å². The molecule has 1 aromatic rings. The SMILES string of the molecule is CC1(C(=O)NCc2ccccc2CN2CCC(O)CC2)CCCN1.Cl. The van der Waals surface area contributed by atoms with Crippen LogP contribution in [0.25, 0.3) is 0 Å². The number of amides is 1. The normalized spacial score (nSPS) is 24.7. The van der Waals surface area contributed by atoms with Gasteiger partial charge in [0.05, 0.1) is 11.6 Å². The first kappa shape index (κ1) is 20.2. The molecule has 2 fully saturated rings. The highest BCUT2D eigenvalue weighted by atomic mass is 35.5. The highest BCUT2D eigenvalue weighted by molar-refractivity contribution is 5.86. The highest BCUT2D eigenvalue weighted by Gasteiger charge is 2.35. The van der Waals surface area contributed by atoms with Gasteiger partial charge in [-0.1, -0.05) is 24.3 Å². The number of piperidine rings is 1. The van der Waals surface area contributed by atoms with Crippen LogP contribution in [0.3, 0.4) is 0 Å². The molecule has 1 amide bonds. The van der Waals surface area contributed by atoms with Crippen LogP contribution in [0.5, 0.6) is 0 Å². The van der Waals surface area contributed by atoms with Gasteiger partial charge in [0.25, 0.3) is 0 Å². The fourth-order valence-electron chi connectivity index (χ4n) is 3.66. The molecule has 2 heterocycles. The third-order valence-electron chi connectivity index (χ3n) is 5.38. The Bertz CT molecular complexity index is 568. The van der Waals surface area contributed by atoms with Crippen LogP contribution >= 0.6 is 12.4 Å². The number of hydrogen-bond donors (Lipinski definition) is 3. The molecule has 0 saturated carbocycles. The summed E-state index contributed by atoms with van der Waals surface area (Å²) in [7, 11) is 0. The van der Waals surface area contributed by atoms with E-state index in [0.717, 1.165) is 51.9 Å². The maximum Gasteiger partial charge on any atom is 0.240 e. The van der Waals surface area contributed by atoms with Gasteiger partial charge in [0, 0.05) is 26.2 Å². The van der Waals surface area contributed by atoms with Crippen LogP contribution in [0.15, 0.2) is 24.3 Å². The second-order valence-electron chi connectivity index (χ2n) is 7.32. The minimum atomic E-state index is -0.419. The van der Waals surface area contributed by atoms with Gasteiger partial charge in [-0.2, -0.15) is 0 Å². The van der Waals surface area contributed by atoms with Gasteiger partial charge < -0.3 is 15.7 Å². The van der Waals surface area contributed by atoms with Crippen molar-refractivity contribution >= 4 is 18.3 Å². The number of carbonyl (C=O) groups excluding carboxylic acids is 1. The first-order chi connectivity index (χ1) is 11.6. The molecular formula is C19H30ClN3O2. The molecule has 5 nitrogen and oxygen atoms in total. The van der Waals surface area contributed by atoms with Gasteiger partial charge in [-0.15, -0.1) is 12.4 Å². The van der Waals surface area contributed by atoms with Gasteiger partial charge in [0.1, 0.15) is 0 Å². The van der Waals surface area contributed by atoms with Crippen LogP contribution in [-0.4, -0.2) is 47.2 Å². The molecule has 140 valence electrons. The maximum atomic E-state index is 12.5. The molecule has 1 aromatic carbocycles. The Balaban J connectivity index is 0.00000225. The van der Waals surface area contributed by atoms with Gasteiger partial charge >= 0.3 is 0 Å². The van der Waals surface area contributed by atoms with Gasteiger partial charge in [0.2, 0.25) is 5.91 Å². The molecular weight excluding hydrogens is 338 g/mol. The van der Waals surface area contributed by atoms with Crippen molar-refractivity contribution in [3.05, 3.63) is 35.4 Å². The molecule has 6 heteroatoms. The lowest BCUT2D eigenvalue weighted by molar-refractivity contribution is -0.126. The van der Waals surface area contributed by atoms with E-state index in [1.807, 2.05) is 13.0 Å². The summed E-state index contributed by atoms with van der Waals surface area (Å²) < 4.78 is 0. The van der Waals surface area contributed by atoms with E-state index in [4.69, 9.17) is 0 Å². The predicted molar refractivity (Wildman–Crippen MR) is 102 cm³/mol. The van der Waals surface area contributed by atoms with E-state index in [2.05, 4.69) is 33.7 Å². The summed E-state index contributed by atoms with van der Waals surface area (Å²) in [4.78, 5) is 14.8. The Morgan fingerprint density at radius 1 is 1.32 bits per heavy atom. The number of aliphatic hydroxyl groups excluding tert-OH is 1. The summed E-state index contributed by atoms with van der Waals surface area (Å²) in [6.45, 7) is 6.23. The van der Waals surface area contributed by atoms with E-state index in [-0.39, 0.29) is 24.4 Å². The zero-order valence-corrected chi connectivity index (χ0v) is 15.8. The standard InChI is InChI=1S/C19H29N3O2.ClH/c1-19(9-4-10-21-19)18(24)20-13-15-5-2-3-6-16(15)14-22-11-7-17(23)8-12-22;/h2-3,5-6,17,21,23H,4,7-14H2,1H3,(H,20,24);1H. The molecule has 25 heavy (non-hydrogen) atoms. The van der Waals surface area contributed by atoms with Crippen molar-refractivity contribution in [2.24, 2.45) is 0 Å². The zero-order chi connectivity index (χ0) is 17.0. The van der Waals surface area contributed by atoms with Crippen LogP contribution in [-0.2, 0) is 17.9 Å². The average molecular weight is 368 g/mol. The van der Waals surface area contributed by atoms with Crippen LogP contribution in [0.2, 0.25) is 0 Å². The smallest absolute Gasteiger partial charge is 0.240 e. The predicted octanol–water partition coefficient (Wildman–Crippen LogP) is 1.82. The summed E-state index contributed by atoms with van der Waals surface area (Å²) in [6, 6.07) is 8.32. The quantitative estimate of drug-likeness (QED) is 0.742. The fraction of sp³-hybridized carbons (Fsp3) is 0.632. The molecule has 1 atom stereocenters. The van der Waals surface area contributed by atoms with Crippen LogP contribution in [0.4, 0.5) is 0 Å². The Morgan fingerprint density at radius 3 is 2.64 bits per heavy atom. The van der Waals surface area contributed by atoms with Crippen molar-refractivity contribution in [3.8, 4) is 0 Å². The third kappa shape index (κ3) is 5.17. The molecule has 0 spiro atoms. The van der Waals surface area contributed by atoms with E-state index >= 15 is 0 Å². The number of likely N-dealkylation sites (tertiary alicyclic amines) is 1. The van der Waals surface area contributed by atoms with Gasteiger partial charge in [-0.05, 0) is 50.3 Å². The lowest BCUT2D eigenvalue weighted by atomic mass is 9.99. The second-order valence-corrected chi connectivity index (χ2v) is 7.32. The average Bonchev–Trinajstić information content (AvgIpc) is 3.04. The van der Waals surface area contributed by atoms with E-state index in [1.54, 1.807) is 0 Å². The Kier molecular flexibility index (Phi) is 7.25. The summed E-state index contributed by atoms with van der Waals surface area (Å²) >= 11 is 0. The minimum absolute atomic E-state index is 0. The summed E-state index contributed by atoms with van der Waals surface area (Å²) in [5, 5.41) is 16.1. The molecule has 2 aliphatic rings. The van der Waals surface area contributed by atoms with E-state index in [1.165, 1.54) is 11.1 Å². The number of hydrogen-bond acceptors (Lipinski definition) is 4. The molecule has 0 aromatic heterocycles. The molecule has 2 saturated heterocycles. The molecule has 2 aliphatic heterocycles.